The van der Waals surface area contributed by atoms with Gasteiger partial charge in [0.1, 0.15) is 4.29 Å². The van der Waals surface area contributed by atoms with Crippen molar-refractivity contribution in [3.63, 3.8) is 0 Å². The van der Waals surface area contributed by atoms with Crippen LogP contribution < -0.4 is 0 Å². The number of alkyl halides is 2. The fraction of sp³-hybridized carbons (Fsp3) is 0.250. The fourth-order valence-electron chi connectivity index (χ4n) is 0.832. The molecular formula is C8H8BrCl. The summed E-state index contributed by atoms with van der Waals surface area (Å²) >= 11 is 9.12. The Kier molecular flexibility index (Phi) is 2.75. The predicted octanol–water partition coefficient (Wildman–Crippen LogP) is 3.63. The molecule has 0 saturated carbocycles. The molecular weight excluding hydrogens is 211 g/mol. The minimum absolute atomic E-state index is 0.0614. The molecule has 0 heterocycles. The van der Waals surface area contributed by atoms with E-state index in [1.165, 1.54) is 5.56 Å². The van der Waals surface area contributed by atoms with Gasteiger partial charge in [0, 0.05) is 0 Å². The zero-order chi connectivity index (χ0) is 7.56. The lowest BCUT2D eigenvalue weighted by atomic mass is 10.1. The first-order chi connectivity index (χ1) is 4.72. The topological polar surface area (TPSA) is 0 Å². The van der Waals surface area contributed by atoms with Crippen LogP contribution >= 0.6 is 27.5 Å². The lowest BCUT2D eigenvalue weighted by Crippen LogP contribution is -1.84. The molecule has 0 N–H and O–H groups in total. The molecule has 0 radical (unpaired) electrons. The molecule has 0 spiro atoms. The molecule has 0 aliphatic carbocycles. The quantitative estimate of drug-likeness (QED) is 0.633. The Hall–Kier alpha value is -0.0100. The zero-order valence-electron chi connectivity index (χ0n) is 5.64. The van der Waals surface area contributed by atoms with Gasteiger partial charge in [-0.3, -0.25) is 0 Å². The monoisotopic (exact) mass is 218 g/mol. The van der Waals surface area contributed by atoms with Gasteiger partial charge >= 0.3 is 0 Å². The van der Waals surface area contributed by atoms with Crippen molar-refractivity contribution in [2.45, 2.75) is 11.2 Å². The third kappa shape index (κ3) is 1.74. The highest BCUT2D eigenvalue weighted by atomic mass is 79.9. The van der Waals surface area contributed by atoms with Crippen LogP contribution in [0.3, 0.4) is 0 Å². The maximum Gasteiger partial charge on any atom is 0.114 e. The van der Waals surface area contributed by atoms with E-state index >= 15 is 0 Å². The summed E-state index contributed by atoms with van der Waals surface area (Å²) in [5.74, 6) is 0. The largest absolute Gasteiger partial charge is 0.114 e. The van der Waals surface area contributed by atoms with E-state index in [2.05, 4.69) is 15.9 Å². The number of halogens is 2. The number of hydrogen-bond donors (Lipinski definition) is 0. The summed E-state index contributed by atoms with van der Waals surface area (Å²) < 4.78 is -0.0614. The summed E-state index contributed by atoms with van der Waals surface area (Å²) in [7, 11) is 0. The third-order valence-electron chi connectivity index (χ3n) is 1.42. The number of hydrogen-bond acceptors (Lipinski definition) is 0. The summed E-state index contributed by atoms with van der Waals surface area (Å²) in [4.78, 5) is 0. The van der Waals surface area contributed by atoms with Crippen molar-refractivity contribution < 1.29 is 0 Å². The van der Waals surface area contributed by atoms with Gasteiger partial charge in [0.2, 0.25) is 0 Å². The molecule has 0 saturated heterocycles. The Bertz CT molecular complexity index is 220. The molecule has 0 aliphatic rings. The molecule has 54 valence electrons. The Labute approximate surface area is 74.3 Å². The van der Waals surface area contributed by atoms with Gasteiger partial charge in [-0.25, -0.2) is 0 Å². The minimum Gasteiger partial charge on any atom is -0.105 e. The Morgan fingerprint density at radius 3 is 2.40 bits per heavy atom. The average molecular weight is 220 g/mol. The van der Waals surface area contributed by atoms with E-state index in [9.17, 15) is 0 Å². The van der Waals surface area contributed by atoms with E-state index in [0.29, 0.717) is 0 Å². The van der Waals surface area contributed by atoms with Gasteiger partial charge in [-0.05, 0) is 18.1 Å². The van der Waals surface area contributed by atoms with Gasteiger partial charge in [0.05, 0.1) is 0 Å². The van der Waals surface area contributed by atoms with Crippen molar-refractivity contribution in [1.82, 2.24) is 0 Å². The molecule has 0 aromatic heterocycles. The first kappa shape index (κ1) is 8.09. The SMILES string of the molecule is Cc1ccccc1C(Cl)Br. The maximum absolute atomic E-state index is 5.83. The second-order valence-electron chi connectivity index (χ2n) is 2.16. The molecule has 0 amide bonds. The fourth-order valence-corrected chi connectivity index (χ4v) is 1.59. The molecule has 0 fully saturated rings. The molecule has 0 bridgehead atoms. The Balaban J connectivity index is 3.03. The molecule has 10 heavy (non-hydrogen) atoms. The van der Waals surface area contributed by atoms with Gasteiger partial charge in [-0.2, -0.15) is 0 Å². The van der Waals surface area contributed by atoms with Gasteiger partial charge in [-0.1, -0.05) is 40.2 Å². The Morgan fingerprint density at radius 2 is 2.00 bits per heavy atom. The highest BCUT2D eigenvalue weighted by Gasteiger charge is 2.03. The molecule has 1 aromatic carbocycles. The lowest BCUT2D eigenvalue weighted by Gasteiger charge is -2.03. The molecule has 1 aromatic rings. The summed E-state index contributed by atoms with van der Waals surface area (Å²) in [6.07, 6.45) is 0. The minimum atomic E-state index is -0.0614. The van der Waals surface area contributed by atoms with Gasteiger partial charge in [0.15, 0.2) is 0 Å². The molecule has 2 heteroatoms. The Morgan fingerprint density at radius 1 is 1.40 bits per heavy atom. The van der Waals surface area contributed by atoms with Crippen LogP contribution in [0.2, 0.25) is 0 Å². The summed E-state index contributed by atoms with van der Waals surface area (Å²) in [6.45, 7) is 2.05. The van der Waals surface area contributed by atoms with E-state index in [0.717, 1.165) is 5.56 Å². The highest BCUT2D eigenvalue weighted by Crippen LogP contribution is 2.28. The lowest BCUT2D eigenvalue weighted by molar-refractivity contribution is 1.29. The van der Waals surface area contributed by atoms with Crippen LogP contribution in [0.5, 0.6) is 0 Å². The van der Waals surface area contributed by atoms with Crippen molar-refractivity contribution in [1.29, 1.82) is 0 Å². The van der Waals surface area contributed by atoms with Crippen LogP contribution in [0.1, 0.15) is 15.4 Å². The number of benzene rings is 1. The average Bonchev–Trinajstić information content (AvgIpc) is 1.88. The molecule has 1 unspecified atom stereocenters. The van der Waals surface area contributed by atoms with E-state index in [1.807, 2.05) is 31.2 Å². The van der Waals surface area contributed by atoms with Crippen molar-refractivity contribution in [2.24, 2.45) is 0 Å². The zero-order valence-corrected chi connectivity index (χ0v) is 7.98. The van der Waals surface area contributed by atoms with Crippen LogP contribution in [0, 0.1) is 6.92 Å². The highest BCUT2D eigenvalue weighted by molar-refractivity contribution is 9.09. The van der Waals surface area contributed by atoms with Crippen LogP contribution in [0.15, 0.2) is 24.3 Å². The van der Waals surface area contributed by atoms with Crippen LogP contribution in [0.4, 0.5) is 0 Å². The van der Waals surface area contributed by atoms with Crippen LogP contribution in [-0.2, 0) is 0 Å². The third-order valence-corrected chi connectivity index (χ3v) is 2.15. The van der Waals surface area contributed by atoms with Crippen molar-refractivity contribution >= 4 is 27.5 Å². The van der Waals surface area contributed by atoms with Crippen molar-refractivity contribution in [3.05, 3.63) is 35.4 Å². The molecule has 0 nitrogen and oxygen atoms in total. The summed E-state index contributed by atoms with van der Waals surface area (Å²) in [6, 6.07) is 8.05. The van der Waals surface area contributed by atoms with Gasteiger partial charge in [0.25, 0.3) is 0 Å². The molecule has 1 atom stereocenters. The maximum atomic E-state index is 5.83. The smallest absolute Gasteiger partial charge is 0.105 e. The van der Waals surface area contributed by atoms with E-state index < -0.39 is 0 Å². The van der Waals surface area contributed by atoms with E-state index in [4.69, 9.17) is 11.6 Å². The first-order valence-electron chi connectivity index (χ1n) is 3.05. The van der Waals surface area contributed by atoms with Crippen LogP contribution in [-0.4, -0.2) is 0 Å². The number of aryl methyl sites for hydroxylation is 1. The molecule has 1 rings (SSSR count). The summed E-state index contributed by atoms with van der Waals surface area (Å²) in [5.41, 5.74) is 2.36. The summed E-state index contributed by atoms with van der Waals surface area (Å²) in [5, 5.41) is 0. The second kappa shape index (κ2) is 3.40. The molecule has 0 aliphatic heterocycles. The van der Waals surface area contributed by atoms with Gasteiger partial charge < -0.3 is 0 Å². The van der Waals surface area contributed by atoms with Crippen LogP contribution in [0.25, 0.3) is 0 Å². The first-order valence-corrected chi connectivity index (χ1v) is 4.40. The van der Waals surface area contributed by atoms with Crippen molar-refractivity contribution in [2.75, 3.05) is 0 Å². The standard InChI is InChI=1S/C8H8BrCl/c1-6-4-2-3-5-7(6)8(9)10/h2-5,8H,1H3. The van der Waals surface area contributed by atoms with E-state index in [-0.39, 0.29) is 4.29 Å². The normalized spacial score (nSPS) is 13.1. The van der Waals surface area contributed by atoms with Gasteiger partial charge in [-0.15, -0.1) is 11.6 Å². The number of rotatable bonds is 1. The van der Waals surface area contributed by atoms with Crippen molar-refractivity contribution in [3.8, 4) is 0 Å². The van der Waals surface area contributed by atoms with E-state index in [1.54, 1.807) is 0 Å². The second-order valence-corrected chi connectivity index (χ2v) is 4.04. The predicted molar refractivity (Wildman–Crippen MR) is 48.7 cm³/mol.